The highest BCUT2D eigenvalue weighted by molar-refractivity contribution is 5.94. The minimum absolute atomic E-state index is 0.0633. The number of pyridine rings is 1. The van der Waals surface area contributed by atoms with Crippen LogP contribution in [0.25, 0.3) is 10.9 Å². The van der Waals surface area contributed by atoms with Gasteiger partial charge in [-0.3, -0.25) is 14.5 Å². The third-order valence-corrected chi connectivity index (χ3v) is 8.46. The highest BCUT2D eigenvalue weighted by atomic mass is 16.5. The second-order valence-electron chi connectivity index (χ2n) is 11.1. The number of anilines is 1. The number of carbonyl (C=O) groups is 2. The van der Waals surface area contributed by atoms with E-state index in [0.29, 0.717) is 55.7 Å². The Morgan fingerprint density at radius 2 is 1.91 bits per heavy atom. The molecule has 2 bridgehead atoms. The first-order valence-corrected chi connectivity index (χ1v) is 14.9. The van der Waals surface area contributed by atoms with Crippen LogP contribution in [0.5, 0.6) is 17.2 Å². The summed E-state index contributed by atoms with van der Waals surface area (Å²) < 4.78 is 22.4. The normalized spacial score (nSPS) is 18.8. The van der Waals surface area contributed by atoms with E-state index in [1.54, 1.807) is 33.2 Å². The van der Waals surface area contributed by atoms with Gasteiger partial charge in [-0.2, -0.15) is 0 Å². The number of likely N-dealkylation sites (N-methyl/N-ethyl adjacent to an activating group) is 1. The van der Waals surface area contributed by atoms with E-state index in [1.807, 2.05) is 6.07 Å². The van der Waals surface area contributed by atoms with E-state index in [-0.39, 0.29) is 29.8 Å². The lowest BCUT2D eigenvalue weighted by molar-refractivity contribution is -0.121. The molecule has 2 aliphatic rings. The third-order valence-electron chi connectivity index (χ3n) is 8.46. The van der Waals surface area contributed by atoms with Crippen LogP contribution in [0.3, 0.4) is 0 Å². The Bertz CT molecular complexity index is 1460. The smallest absolute Gasteiger partial charge is 0.276 e. The molecule has 2 aromatic heterocycles. The standard InChI is InChI=1S/C31H42N6O6/c1-6-35-12-13-36(31(39)27-20(2)43-19-33-27)11-9-26(38)32-16-21-8-7-10-37(17-21)30-22(18-35)14-23-24(34-30)15-25(40-3)29(42-5)28(23)41-4/h14-15,19,21H,6-13,16-18H2,1-5H3,(H,32,38). The first-order chi connectivity index (χ1) is 20.9. The van der Waals surface area contributed by atoms with Crippen LogP contribution >= 0.6 is 0 Å². The second kappa shape index (κ2) is 13.5. The number of aryl methyl sites for hydroxylation is 1. The molecule has 232 valence electrons. The number of ether oxygens (including phenoxy) is 3. The first-order valence-electron chi connectivity index (χ1n) is 14.9. The van der Waals surface area contributed by atoms with Crippen molar-refractivity contribution >= 4 is 28.5 Å². The van der Waals surface area contributed by atoms with Crippen molar-refractivity contribution in [3.8, 4) is 17.2 Å². The Morgan fingerprint density at radius 1 is 1.09 bits per heavy atom. The highest BCUT2D eigenvalue weighted by Crippen LogP contribution is 2.44. The largest absolute Gasteiger partial charge is 0.493 e. The molecule has 0 saturated carbocycles. The third kappa shape index (κ3) is 6.48. The summed E-state index contributed by atoms with van der Waals surface area (Å²) in [5.74, 6) is 3.01. The zero-order chi connectivity index (χ0) is 30.5. The number of rotatable bonds is 5. The van der Waals surface area contributed by atoms with Crippen molar-refractivity contribution in [2.24, 2.45) is 5.92 Å². The van der Waals surface area contributed by atoms with Gasteiger partial charge in [0.2, 0.25) is 11.7 Å². The summed E-state index contributed by atoms with van der Waals surface area (Å²) in [4.78, 5) is 42.0. The molecule has 1 fully saturated rings. The van der Waals surface area contributed by atoms with Crippen LogP contribution in [0.15, 0.2) is 22.9 Å². The van der Waals surface area contributed by atoms with Crippen LogP contribution in [0.4, 0.5) is 5.82 Å². The van der Waals surface area contributed by atoms with Crippen LogP contribution < -0.4 is 24.4 Å². The van der Waals surface area contributed by atoms with Gasteiger partial charge < -0.3 is 33.7 Å². The molecule has 3 aromatic rings. The van der Waals surface area contributed by atoms with Crippen molar-refractivity contribution in [2.75, 3.05) is 72.0 Å². The van der Waals surface area contributed by atoms with Gasteiger partial charge in [-0.25, -0.2) is 9.97 Å². The average molecular weight is 595 g/mol. The summed E-state index contributed by atoms with van der Waals surface area (Å²) >= 11 is 0. The van der Waals surface area contributed by atoms with Gasteiger partial charge in [0.1, 0.15) is 11.6 Å². The SMILES string of the molecule is CCN1CCN(C(=O)c2ncoc2C)CCC(=O)NCC2CCCN(C2)c2nc3cc(OC)c(OC)c(OC)c3cc2C1. The van der Waals surface area contributed by atoms with Crippen molar-refractivity contribution in [1.82, 2.24) is 25.1 Å². The number of fused-ring (bicyclic) bond motifs is 5. The summed E-state index contributed by atoms with van der Waals surface area (Å²) in [6.07, 6.45) is 3.53. The number of oxazole rings is 1. The molecular weight excluding hydrogens is 552 g/mol. The number of amides is 2. The fourth-order valence-electron chi connectivity index (χ4n) is 6.05. The van der Waals surface area contributed by atoms with Gasteiger partial charge in [0, 0.05) is 69.3 Å². The number of benzene rings is 1. The highest BCUT2D eigenvalue weighted by Gasteiger charge is 2.28. The molecule has 1 atom stereocenters. The molecule has 1 unspecified atom stereocenters. The van der Waals surface area contributed by atoms with Gasteiger partial charge in [0.15, 0.2) is 23.6 Å². The summed E-state index contributed by atoms with van der Waals surface area (Å²) in [5.41, 5.74) is 2.09. The van der Waals surface area contributed by atoms with Crippen LogP contribution in [0.2, 0.25) is 0 Å². The molecule has 1 saturated heterocycles. The number of carbonyl (C=O) groups excluding carboxylic acids is 2. The van der Waals surface area contributed by atoms with E-state index >= 15 is 0 Å². The van der Waals surface area contributed by atoms with Crippen LogP contribution in [0.1, 0.15) is 48.0 Å². The number of aromatic nitrogens is 2. The molecule has 4 heterocycles. The molecule has 0 spiro atoms. The number of methoxy groups -OCH3 is 3. The van der Waals surface area contributed by atoms with E-state index < -0.39 is 0 Å². The molecule has 12 heteroatoms. The molecule has 1 aromatic carbocycles. The molecule has 12 nitrogen and oxygen atoms in total. The van der Waals surface area contributed by atoms with Crippen molar-refractivity contribution in [2.45, 2.75) is 39.7 Å². The Balaban J connectivity index is 1.56. The van der Waals surface area contributed by atoms with E-state index in [1.165, 1.54) is 6.39 Å². The monoisotopic (exact) mass is 594 g/mol. The average Bonchev–Trinajstić information content (AvgIpc) is 3.46. The van der Waals surface area contributed by atoms with E-state index in [2.05, 4.69) is 33.1 Å². The number of piperidine rings is 1. The fraction of sp³-hybridized carbons (Fsp3) is 0.548. The molecule has 43 heavy (non-hydrogen) atoms. The van der Waals surface area contributed by atoms with Crippen LogP contribution in [-0.2, 0) is 11.3 Å². The van der Waals surface area contributed by atoms with Crippen molar-refractivity contribution in [3.63, 3.8) is 0 Å². The maximum absolute atomic E-state index is 13.5. The zero-order valence-electron chi connectivity index (χ0n) is 25.8. The summed E-state index contributed by atoms with van der Waals surface area (Å²) in [6.45, 7) is 8.79. The minimum atomic E-state index is -0.236. The lowest BCUT2D eigenvalue weighted by atomic mass is 9.97. The van der Waals surface area contributed by atoms with Crippen LogP contribution in [-0.4, -0.2) is 98.7 Å². The topological polar surface area (TPSA) is 123 Å². The number of nitrogens with zero attached hydrogens (tertiary/aromatic N) is 5. The molecule has 1 N–H and O–H groups in total. The lowest BCUT2D eigenvalue weighted by Gasteiger charge is -2.35. The number of hydrogen-bond donors (Lipinski definition) is 1. The van der Waals surface area contributed by atoms with Gasteiger partial charge in [0.05, 0.1) is 26.8 Å². The molecule has 2 amide bonds. The Labute approximate surface area is 252 Å². The zero-order valence-corrected chi connectivity index (χ0v) is 25.8. The quantitative estimate of drug-likeness (QED) is 0.471. The first kappa shape index (κ1) is 30.4. The minimum Gasteiger partial charge on any atom is -0.493 e. The van der Waals surface area contributed by atoms with Crippen molar-refractivity contribution < 1.29 is 28.2 Å². The van der Waals surface area contributed by atoms with Gasteiger partial charge in [0.25, 0.3) is 5.91 Å². The van der Waals surface area contributed by atoms with Crippen molar-refractivity contribution in [1.29, 1.82) is 0 Å². The Kier molecular flexibility index (Phi) is 9.54. The predicted octanol–water partition coefficient (Wildman–Crippen LogP) is 3.26. The van der Waals surface area contributed by atoms with Crippen LogP contribution in [0, 0.1) is 12.8 Å². The van der Waals surface area contributed by atoms with Gasteiger partial charge in [-0.05, 0) is 38.3 Å². The van der Waals surface area contributed by atoms with E-state index in [4.69, 9.17) is 23.6 Å². The molecular formula is C31H42N6O6. The van der Waals surface area contributed by atoms with Gasteiger partial charge >= 0.3 is 0 Å². The summed E-state index contributed by atoms with van der Waals surface area (Å²) in [7, 11) is 4.82. The van der Waals surface area contributed by atoms with Gasteiger partial charge in [-0.1, -0.05) is 6.92 Å². The predicted molar refractivity (Wildman–Crippen MR) is 162 cm³/mol. The van der Waals surface area contributed by atoms with E-state index in [9.17, 15) is 9.59 Å². The van der Waals surface area contributed by atoms with Crippen molar-refractivity contribution in [3.05, 3.63) is 35.5 Å². The second-order valence-corrected chi connectivity index (χ2v) is 11.1. The Hall–Kier alpha value is -4.06. The molecule has 5 rings (SSSR count). The summed E-state index contributed by atoms with van der Waals surface area (Å²) in [5, 5.41) is 3.95. The molecule has 0 aliphatic carbocycles. The van der Waals surface area contributed by atoms with E-state index in [0.717, 1.165) is 54.8 Å². The number of nitrogens with one attached hydrogen (secondary N) is 1. The maximum atomic E-state index is 13.5. The lowest BCUT2D eigenvalue weighted by Crippen LogP contribution is -2.42. The Morgan fingerprint density at radius 3 is 2.60 bits per heavy atom. The summed E-state index contributed by atoms with van der Waals surface area (Å²) in [6, 6.07) is 4.04. The fourth-order valence-corrected chi connectivity index (χ4v) is 6.05. The van der Waals surface area contributed by atoms with Gasteiger partial charge in [-0.15, -0.1) is 0 Å². The number of hydrogen-bond acceptors (Lipinski definition) is 10. The molecule has 0 radical (unpaired) electrons. The maximum Gasteiger partial charge on any atom is 0.276 e. The molecule has 2 aliphatic heterocycles.